The molecule has 4 aliphatic rings. The molecule has 0 amide bonds. The highest BCUT2D eigenvalue weighted by atomic mass is 15.1. The average Bonchev–Trinajstić information content (AvgIpc) is 4.19. The molecular formula is C72H46N2. The largest absolute Gasteiger partial charge is 0.310 e. The summed E-state index contributed by atoms with van der Waals surface area (Å²) < 4.78 is 0. The van der Waals surface area contributed by atoms with Gasteiger partial charge in [0.2, 0.25) is 0 Å². The van der Waals surface area contributed by atoms with Crippen LogP contribution in [-0.2, 0) is 10.8 Å². The Hall–Kier alpha value is -9.50. The summed E-state index contributed by atoms with van der Waals surface area (Å²) in [5, 5.41) is 2.47. The third kappa shape index (κ3) is 5.33. The Morgan fingerprint density at radius 3 is 0.986 bits per heavy atom. The van der Waals surface area contributed by atoms with Crippen molar-refractivity contribution in [3.63, 3.8) is 0 Å². The third-order valence-corrected chi connectivity index (χ3v) is 16.8. The number of hydrogen-bond donors (Lipinski definition) is 0. The van der Waals surface area contributed by atoms with Gasteiger partial charge in [-0.25, -0.2) is 0 Å². The van der Waals surface area contributed by atoms with E-state index in [1.54, 1.807) is 0 Å². The van der Waals surface area contributed by atoms with Crippen LogP contribution >= 0.6 is 0 Å². The van der Waals surface area contributed by atoms with Gasteiger partial charge in [-0.3, -0.25) is 0 Å². The highest BCUT2D eigenvalue weighted by Gasteiger charge is 2.54. The van der Waals surface area contributed by atoms with Crippen molar-refractivity contribution in [2.45, 2.75) is 10.8 Å². The molecule has 2 spiro atoms. The van der Waals surface area contributed by atoms with Crippen LogP contribution in [0.3, 0.4) is 0 Å². The zero-order valence-corrected chi connectivity index (χ0v) is 40.5. The topological polar surface area (TPSA) is 6.48 Å². The molecule has 0 fully saturated rings. The maximum absolute atomic E-state index is 2.53. The Labute approximate surface area is 431 Å². The van der Waals surface area contributed by atoms with E-state index in [1.807, 2.05) is 0 Å². The minimum atomic E-state index is -0.578. The third-order valence-electron chi connectivity index (χ3n) is 16.8. The molecule has 0 aromatic heterocycles. The molecule has 16 rings (SSSR count). The molecule has 12 aromatic carbocycles. The lowest BCUT2D eigenvalue weighted by atomic mass is 9.70. The van der Waals surface area contributed by atoms with Crippen molar-refractivity contribution in [1.82, 2.24) is 0 Å². The van der Waals surface area contributed by atoms with E-state index >= 15 is 0 Å². The number of fused-ring (bicyclic) bond motifs is 22. The first-order chi connectivity index (χ1) is 36.7. The smallest absolute Gasteiger partial charge is 0.0726 e. The van der Waals surface area contributed by atoms with E-state index in [4.69, 9.17) is 0 Å². The highest BCUT2D eigenvalue weighted by molar-refractivity contribution is 6.12. The highest BCUT2D eigenvalue weighted by Crippen LogP contribution is 2.66. The molecule has 2 heteroatoms. The van der Waals surface area contributed by atoms with Crippen molar-refractivity contribution in [2.75, 3.05) is 9.80 Å². The summed E-state index contributed by atoms with van der Waals surface area (Å²) in [5.41, 5.74) is 26.7. The fraction of sp³-hybridized carbons (Fsp3) is 0.0278. The molecule has 0 radical (unpaired) electrons. The summed E-state index contributed by atoms with van der Waals surface area (Å²) in [6.07, 6.45) is 0. The van der Waals surface area contributed by atoms with Crippen LogP contribution in [0.1, 0.15) is 44.5 Å². The second-order valence-electron chi connectivity index (χ2n) is 20.2. The van der Waals surface area contributed by atoms with E-state index in [0.717, 1.165) is 34.1 Å². The standard InChI is InChI=1S/C72H46N2/c1-4-22-47(23-5-1)73(50-40-42-66-59(44-50)54-30-14-19-37-63(54)71(66)61-35-17-12-28-52(61)53-29-13-18-36-62(53)71)51-41-43-67-60(45-51)55-31-15-20-38-64(55)72(67)65-39-21-16-34-58(65)70-57-33-11-10-32-56(57)69(46-68(70)72)74(48-24-6-2-7-25-48)49-26-8-3-9-27-49/h1-46H. The van der Waals surface area contributed by atoms with Gasteiger partial charge in [0.25, 0.3) is 0 Å². The molecule has 12 aromatic rings. The summed E-state index contributed by atoms with van der Waals surface area (Å²) in [5.74, 6) is 0. The van der Waals surface area contributed by atoms with Crippen molar-refractivity contribution in [3.8, 4) is 44.5 Å². The normalized spacial score (nSPS) is 15.2. The molecule has 0 heterocycles. The number of para-hydroxylation sites is 3. The Morgan fingerprint density at radius 1 is 0.203 bits per heavy atom. The lowest BCUT2D eigenvalue weighted by molar-refractivity contribution is 0.793. The zero-order chi connectivity index (χ0) is 48.5. The molecule has 0 bridgehead atoms. The van der Waals surface area contributed by atoms with Gasteiger partial charge >= 0.3 is 0 Å². The minimum Gasteiger partial charge on any atom is -0.310 e. The van der Waals surface area contributed by atoms with Crippen molar-refractivity contribution >= 4 is 44.9 Å². The van der Waals surface area contributed by atoms with E-state index in [9.17, 15) is 0 Å². The molecular weight excluding hydrogens is 893 g/mol. The van der Waals surface area contributed by atoms with E-state index < -0.39 is 10.8 Å². The lowest BCUT2D eigenvalue weighted by Crippen LogP contribution is -2.26. The predicted octanol–water partition coefficient (Wildman–Crippen LogP) is 18.5. The maximum Gasteiger partial charge on any atom is 0.0726 e. The van der Waals surface area contributed by atoms with E-state index in [2.05, 4.69) is 289 Å². The summed E-state index contributed by atoms with van der Waals surface area (Å²) in [6, 6.07) is 104. The van der Waals surface area contributed by atoms with Crippen LogP contribution < -0.4 is 9.80 Å². The lowest BCUT2D eigenvalue weighted by Gasteiger charge is -2.33. The number of benzene rings is 12. The van der Waals surface area contributed by atoms with Crippen LogP contribution in [0.2, 0.25) is 0 Å². The molecule has 2 nitrogen and oxygen atoms in total. The van der Waals surface area contributed by atoms with Crippen LogP contribution in [-0.4, -0.2) is 0 Å². The maximum atomic E-state index is 2.53. The van der Waals surface area contributed by atoms with Crippen molar-refractivity contribution in [1.29, 1.82) is 0 Å². The summed E-state index contributed by atoms with van der Waals surface area (Å²) >= 11 is 0. The predicted molar refractivity (Wildman–Crippen MR) is 306 cm³/mol. The van der Waals surface area contributed by atoms with Crippen LogP contribution in [0.4, 0.5) is 34.1 Å². The van der Waals surface area contributed by atoms with Gasteiger partial charge in [0.15, 0.2) is 0 Å². The molecule has 74 heavy (non-hydrogen) atoms. The number of nitrogens with zero attached hydrogens (tertiary/aromatic N) is 2. The van der Waals surface area contributed by atoms with E-state index in [0.29, 0.717) is 0 Å². The van der Waals surface area contributed by atoms with Gasteiger partial charge < -0.3 is 9.80 Å². The number of rotatable bonds is 6. The molecule has 1 unspecified atom stereocenters. The molecule has 1 atom stereocenters. The van der Waals surface area contributed by atoms with Crippen LogP contribution in [0.5, 0.6) is 0 Å². The fourth-order valence-electron chi connectivity index (χ4n) is 14.1. The van der Waals surface area contributed by atoms with Gasteiger partial charge in [0.05, 0.1) is 16.5 Å². The molecule has 0 N–H and O–H groups in total. The Bertz CT molecular complexity index is 4190. The quantitative estimate of drug-likeness (QED) is 0.164. The monoisotopic (exact) mass is 938 g/mol. The van der Waals surface area contributed by atoms with Gasteiger partial charge in [-0.1, -0.05) is 212 Å². The Balaban J connectivity index is 0.927. The van der Waals surface area contributed by atoms with Crippen LogP contribution in [0.15, 0.2) is 279 Å². The van der Waals surface area contributed by atoms with Crippen molar-refractivity contribution in [3.05, 3.63) is 324 Å². The van der Waals surface area contributed by atoms with Crippen LogP contribution in [0, 0.1) is 0 Å². The SMILES string of the molecule is c1ccc(N(c2ccc3c(c2)-c2ccccc2C32c3ccccc3-c3ccccc32)c2ccc3c(c2)-c2ccccc2C32c3ccccc3-c3c2cc(N(c2ccccc2)c2ccccc2)c2ccccc32)cc1. The van der Waals surface area contributed by atoms with Crippen LogP contribution in [0.25, 0.3) is 55.3 Å². The zero-order valence-electron chi connectivity index (χ0n) is 40.5. The van der Waals surface area contributed by atoms with E-state index in [1.165, 1.54) is 99.8 Å². The molecule has 0 saturated heterocycles. The van der Waals surface area contributed by atoms with Gasteiger partial charge in [0, 0.05) is 33.8 Å². The summed E-state index contributed by atoms with van der Waals surface area (Å²) in [7, 11) is 0. The molecule has 0 saturated carbocycles. The fourth-order valence-corrected chi connectivity index (χ4v) is 14.1. The van der Waals surface area contributed by atoms with Gasteiger partial charge in [-0.15, -0.1) is 0 Å². The minimum absolute atomic E-state index is 0.404. The second-order valence-corrected chi connectivity index (χ2v) is 20.2. The average molecular weight is 939 g/mol. The van der Waals surface area contributed by atoms with Gasteiger partial charge in [0.1, 0.15) is 0 Å². The first-order valence-corrected chi connectivity index (χ1v) is 25.8. The first-order valence-electron chi connectivity index (χ1n) is 25.8. The van der Waals surface area contributed by atoms with Crippen molar-refractivity contribution in [2.24, 2.45) is 0 Å². The molecule has 4 aliphatic carbocycles. The molecule has 0 aliphatic heterocycles. The van der Waals surface area contributed by atoms with Crippen molar-refractivity contribution < 1.29 is 0 Å². The van der Waals surface area contributed by atoms with Gasteiger partial charge in [-0.05, 0) is 161 Å². The Morgan fingerprint density at radius 2 is 0.527 bits per heavy atom. The van der Waals surface area contributed by atoms with E-state index in [-0.39, 0.29) is 0 Å². The summed E-state index contributed by atoms with van der Waals surface area (Å²) in [6.45, 7) is 0. The summed E-state index contributed by atoms with van der Waals surface area (Å²) in [4.78, 5) is 4.92. The van der Waals surface area contributed by atoms with Gasteiger partial charge in [-0.2, -0.15) is 0 Å². The number of anilines is 6. The number of hydrogen-bond acceptors (Lipinski definition) is 2. The molecule has 344 valence electrons. The second kappa shape index (κ2) is 15.5. The first kappa shape index (κ1) is 41.2. The Kier molecular flexibility index (Phi) is 8.62.